The van der Waals surface area contributed by atoms with Crippen LogP contribution in [0.1, 0.15) is 24.0 Å². The minimum absolute atomic E-state index is 0.0555. The van der Waals surface area contributed by atoms with Crippen LogP contribution in [0.5, 0.6) is 0 Å². The van der Waals surface area contributed by atoms with E-state index < -0.39 is 0 Å². The molecule has 0 bridgehead atoms. The highest BCUT2D eigenvalue weighted by atomic mass is 19.1. The van der Waals surface area contributed by atoms with Crippen LogP contribution in [0.4, 0.5) is 4.39 Å². The van der Waals surface area contributed by atoms with Gasteiger partial charge in [0, 0.05) is 25.0 Å². The number of rotatable bonds is 5. The number of amides is 1. The second-order valence-electron chi connectivity index (χ2n) is 5.41. The van der Waals surface area contributed by atoms with Crippen LogP contribution in [-0.2, 0) is 17.8 Å². The van der Waals surface area contributed by atoms with Crippen LogP contribution in [0.25, 0.3) is 0 Å². The maximum Gasteiger partial charge on any atom is 0.227 e. The van der Waals surface area contributed by atoms with Gasteiger partial charge >= 0.3 is 0 Å². The first-order chi connectivity index (χ1) is 10.2. The Morgan fingerprint density at radius 2 is 1.95 bits per heavy atom. The Balaban J connectivity index is 1.70. The monoisotopic (exact) mass is 284 g/mol. The van der Waals surface area contributed by atoms with Crippen LogP contribution in [0, 0.1) is 5.82 Å². The van der Waals surface area contributed by atoms with Gasteiger partial charge in [-0.25, -0.2) is 4.39 Å². The number of hydrogen-bond acceptors (Lipinski definition) is 2. The molecule has 4 heteroatoms. The maximum atomic E-state index is 13.2. The SMILES string of the molecule is O=C(Cc1cccc(F)c1)N(Cc1ccncc1)C1CC1. The van der Waals surface area contributed by atoms with Gasteiger partial charge < -0.3 is 4.90 Å². The van der Waals surface area contributed by atoms with E-state index in [1.54, 1.807) is 24.5 Å². The van der Waals surface area contributed by atoms with Gasteiger partial charge in [0.1, 0.15) is 5.82 Å². The normalized spacial score (nSPS) is 14.0. The fourth-order valence-electron chi connectivity index (χ4n) is 2.42. The second kappa shape index (κ2) is 6.04. The number of pyridine rings is 1. The van der Waals surface area contributed by atoms with Gasteiger partial charge in [-0.15, -0.1) is 0 Å². The topological polar surface area (TPSA) is 33.2 Å². The van der Waals surface area contributed by atoms with Crippen molar-refractivity contribution in [1.29, 1.82) is 0 Å². The first-order valence-corrected chi connectivity index (χ1v) is 7.15. The molecule has 1 heterocycles. The van der Waals surface area contributed by atoms with Gasteiger partial charge in [0.2, 0.25) is 5.91 Å². The van der Waals surface area contributed by atoms with Crippen LogP contribution in [0.3, 0.4) is 0 Å². The van der Waals surface area contributed by atoms with E-state index in [9.17, 15) is 9.18 Å². The molecule has 1 aromatic carbocycles. The molecule has 1 aromatic heterocycles. The van der Waals surface area contributed by atoms with Crippen LogP contribution in [-0.4, -0.2) is 21.8 Å². The lowest BCUT2D eigenvalue weighted by atomic mass is 10.1. The zero-order valence-corrected chi connectivity index (χ0v) is 11.7. The van der Waals surface area contributed by atoms with Crippen LogP contribution < -0.4 is 0 Å². The van der Waals surface area contributed by atoms with E-state index in [1.807, 2.05) is 17.0 Å². The van der Waals surface area contributed by atoms with Gasteiger partial charge in [-0.3, -0.25) is 9.78 Å². The zero-order chi connectivity index (χ0) is 14.7. The molecule has 108 valence electrons. The van der Waals surface area contributed by atoms with Crippen LogP contribution in [0.2, 0.25) is 0 Å². The van der Waals surface area contributed by atoms with Gasteiger partial charge in [0.05, 0.1) is 6.42 Å². The number of nitrogens with zero attached hydrogens (tertiary/aromatic N) is 2. The van der Waals surface area contributed by atoms with Gasteiger partial charge in [-0.1, -0.05) is 12.1 Å². The Morgan fingerprint density at radius 3 is 2.62 bits per heavy atom. The highest BCUT2D eigenvalue weighted by Gasteiger charge is 2.32. The van der Waals surface area contributed by atoms with Gasteiger partial charge in [-0.05, 0) is 48.2 Å². The minimum Gasteiger partial charge on any atom is -0.335 e. The number of carbonyl (C=O) groups excluding carboxylic acids is 1. The number of carbonyl (C=O) groups is 1. The van der Waals surface area contributed by atoms with Crippen molar-refractivity contribution in [3.63, 3.8) is 0 Å². The van der Waals surface area contributed by atoms with E-state index in [-0.39, 0.29) is 18.1 Å². The average Bonchev–Trinajstić information content (AvgIpc) is 3.30. The molecule has 3 nitrogen and oxygen atoms in total. The largest absolute Gasteiger partial charge is 0.335 e. The summed E-state index contributed by atoms with van der Waals surface area (Å²) in [5.74, 6) is -0.243. The minimum atomic E-state index is -0.299. The Labute approximate surface area is 123 Å². The predicted octanol–water partition coefficient (Wildman–Crippen LogP) is 2.95. The number of halogens is 1. The highest BCUT2D eigenvalue weighted by molar-refractivity contribution is 5.79. The van der Waals surface area contributed by atoms with Gasteiger partial charge in [0.15, 0.2) is 0 Å². The molecular formula is C17H17FN2O. The summed E-state index contributed by atoms with van der Waals surface area (Å²) in [6.07, 6.45) is 5.83. The molecule has 0 aliphatic heterocycles. The first-order valence-electron chi connectivity index (χ1n) is 7.15. The molecule has 1 saturated carbocycles. The Bertz CT molecular complexity index is 626. The molecule has 1 aliphatic rings. The molecule has 0 radical (unpaired) electrons. The summed E-state index contributed by atoms with van der Waals surface area (Å²) < 4.78 is 13.2. The summed E-state index contributed by atoms with van der Waals surface area (Å²) in [4.78, 5) is 18.4. The number of benzene rings is 1. The third-order valence-corrected chi connectivity index (χ3v) is 3.65. The molecule has 2 aromatic rings. The zero-order valence-electron chi connectivity index (χ0n) is 11.7. The lowest BCUT2D eigenvalue weighted by molar-refractivity contribution is -0.131. The third kappa shape index (κ3) is 3.66. The second-order valence-corrected chi connectivity index (χ2v) is 5.41. The van der Waals surface area contributed by atoms with Crippen molar-refractivity contribution in [2.45, 2.75) is 31.8 Å². The molecule has 0 unspecified atom stereocenters. The van der Waals surface area contributed by atoms with E-state index in [0.29, 0.717) is 12.6 Å². The fraction of sp³-hybridized carbons (Fsp3) is 0.294. The van der Waals surface area contributed by atoms with Gasteiger partial charge in [-0.2, -0.15) is 0 Å². The van der Waals surface area contributed by atoms with E-state index in [2.05, 4.69) is 4.98 Å². The molecule has 0 N–H and O–H groups in total. The van der Waals surface area contributed by atoms with Crippen molar-refractivity contribution in [1.82, 2.24) is 9.88 Å². The van der Waals surface area contributed by atoms with Crippen LogP contribution >= 0.6 is 0 Å². The maximum absolute atomic E-state index is 13.2. The fourth-order valence-corrected chi connectivity index (χ4v) is 2.42. The summed E-state index contributed by atoms with van der Waals surface area (Å²) in [5, 5.41) is 0. The first kappa shape index (κ1) is 13.7. The summed E-state index contributed by atoms with van der Waals surface area (Å²) in [6.45, 7) is 0.599. The van der Waals surface area contributed by atoms with Crippen molar-refractivity contribution in [3.05, 3.63) is 65.7 Å². The van der Waals surface area contributed by atoms with Crippen molar-refractivity contribution >= 4 is 5.91 Å². The molecule has 21 heavy (non-hydrogen) atoms. The molecule has 3 rings (SSSR count). The molecule has 1 aliphatic carbocycles. The smallest absolute Gasteiger partial charge is 0.227 e. The predicted molar refractivity (Wildman–Crippen MR) is 77.9 cm³/mol. The van der Waals surface area contributed by atoms with Crippen molar-refractivity contribution in [2.24, 2.45) is 0 Å². The van der Waals surface area contributed by atoms with E-state index in [4.69, 9.17) is 0 Å². The van der Waals surface area contributed by atoms with E-state index in [0.717, 1.165) is 24.0 Å². The number of aromatic nitrogens is 1. The molecule has 0 spiro atoms. The lowest BCUT2D eigenvalue weighted by Gasteiger charge is -2.22. The molecular weight excluding hydrogens is 267 g/mol. The summed E-state index contributed by atoms with van der Waals surface area (Å²) in [5.41, 5.74) is 1.80. The quantitative estimate of drug-likeness (QED) is 0.845. The van der Waals surface area contributed by atoms with E-state index >= 15 is 0 Å². The summed E-state index contributed by atoms with van der Waals surface area (Å²) in [6, 6.07) is 10.4. The van der Waals surface area contributed by atoms with Gasteiger partial charge in [0.25, 0.3) is 0 Å². The lowest BCUT2D eigenvalue weighted by Crippen LogP contribution is -2.33. The van der Waals surface area contributed by atoms with Crippen molar-refractivity contribution in [3.8, 4) is 0 Å². The Morgan fingerprint density at radius 1 is 1.19 bits per heavy atom. The van der Waals surface area contributed by atoms with Crippen molar-refractivity contribution < 1.29 is 9.18 Å². The van der Waals surface area contributed by atoms with Crippen molar-refractivity contribution in [2.75, 3.05) is 0 Å². The van der Waals surface area contributed by atoms with E-state index in [1.165, 1.54) is 12.1 Å². The standard InChI is InChI=1S/C17H17FN2O/c18-15-3-1-2-14(10-15)11-17(21)20(16-4-5-16)12-13-6-8-19-9-7-13/h1-3,6-10,16H,4-5,11-12H2. The Hall–Kier alpha value is -2.23. The third-order valence-electron chi connectivity index (χ3n) is 3.65. The molecule has 0 atom stereocenters. The summed E-state index contributed by atoms with van der Waals surface area (Å²) >= 11 is 0. The average molecular weight is 284 g/mol. The molecule has 1 fully saturated rings. The number of hydrogen-bond donors (Lipinski definition) is 0. The highest BCUT2D eigenvalue weighted by Crippen LogP contribution is 2.29. The molecule has 1 amide bonds. The summed E-state index contributed by atoms with van der Waals surface area (Å²) in [7, 11) is 0. The van der Waals surface area contributed by atoms with Crippen LogP contribution in [0.15, 0.2) is 48.8 Å². The Kier molecular flexibility index (Phi) is 3.95. The molecule has 0 saturated heterocycles.